The molecule has 0 amide bonds. The third kappa shape index (κ3) is 1.45. The van der Waals surface area contributed by atoms with E-state index in [9.17, 15) is 8.78 Å². The number of hydrogen-bond donors (Lipinski definition) is 0. The number of nitrogens with zero attached hydrogens (tertiary/aromatic N) is 1. The summed E-state index contributed by atoms with van der Waals surface area (Å²) in [5.74, 6) is -1.10. The average molecular weight is 197 g/mol. The highest BCUT2D eigenvalue weighted by atomic mass is 32.1. The second kappa shape index (κ2) is 3.22. The minimum Gasteiger partial charge on any atom is -0.252 e. The average Bonchev–Trinajstić information content (AvgIpc) is 2.57. The molecule has 0 unspecified atom stereocenters. The van der Waals surface area contributed by atoms with Crippen LogP contribution in [0.5, 0.6) is 0 Å². The molecule has 0 saturated heterocycles. The fourth-order valence-electron chi connectivity index (χ4n) is 1.07. The molecule has 1 aromatic carbocycles. The smallest absolute Gasteiger partial charge is 0.134 e. The Kier molecular flexibility index (Phi) is 2.06. The van der Waals surface area contributed by atoms with E-state index >= 15 is 0 Å². The van der Waals surface area contributed by atoms with Crippen LogP contribution in [0.3, 0.4) is 0 Å². The molecule has 0 aliphatic rings. The Morgan fingerprint density at radius 3 is 2.38 bits per heavy atom. The van der Waals surface area contributed by atoms with Gasteiger partial charge in [-0.05, 0) is 12.1 Å². The van der Waals surface area contributed by atoms with Gasteiger partial charge in [-0.25, -0.2) is 8.78 Å². The van der Waals surface area contributed by atoms with E-state index < -0.39 is 11.6 Å². The zero-order valence-electron chi connectivity index (χ0n) is 6.50. The number of aromatic nitrogens is 1. The SMILES string of the molecule is Fc1cccc(F)c1-c1cncs1. The van der Waals surface area contributed by atoms with Crippen LogP contribution in [0.2, 0.25) is 0 Å². The summed E-state index contributed by atoms with van der Waals surface area (Å²) in [5.41, 5.74) is 1.55. The van der Waals surface area contributed by atoms with Crippen molar-refractivity contribution < 1.29 is 8.78 Å². The summed E-state index contributed by atoms with van der Waals surface area (Å²) >= 11 is 1.21. The van der Waals surface area contributed by atoms with Gasteiger partial charge >= 0.3 is 0 Å². The monoisotopic (exact) mass is 197 g/mol. The van der Waals surface area contributed by atoms with Crippen LogP contribution in [0.4, 0.5) is 8.78 Å². The van der Waals surface area contributed by atoms with Gasteiger partial charge in [-0.2, -0.15) is 0 Å². The normalized spacial score (nSPS) is 10.3. The van der Waals surface area contributed by atoms with Gasteiger partial charge in [-0.15, -0.1) is 11.3 Å². The molecule has 1 heterocycles. The molecule has 1 nitrogen and oxygen atoms in total. The van der Waals surface area contributed by atoms with Crippen LogP contribution in [0.15, 0.2) is 29.9 Å². The molecule has 66 valence electrons. The van der Waals surface area contributed by atoms with Crippen LogP contribution in [0, 0.1) is 11.6 Å². The Morgan fingerprint density at radius 1 is 1.15 bits per heavy atom. The van der Waals surface area contributed by atoms with Crippen LogP contribution in [-0.4, -0.2) is 4.98 Å². The Bertz CT molecular complexity index is 391. The Labute approximate surface area is 77.7 Å². The first-order valence-electron chi connectivity index (χ1n) is 3.62. The first-order valence-corrected chi connectivity index (χ1v) is 4.50. The molecule has 2 rings (SSSR count). The highest BCUT2D eigenvalue weighted by Gasteiger charge is 2.11. The molecule has 0 aliphatic heterocycles. The molecule has 0 N–H and O–H groups in total. The van der Waals surface area contributed by atoms with E-state index in [0.29, 0.717) is 4.88 Å². The van der Waals surface area contributed by atoms with Gasteiger partial charge < -0.3 is 0 Å². The van der Waals surface area contributed by atoms with Gasteiger partial charge in [-0.1, -0.05) is 6.07 Å². The van der Waals surface area contributed by atoms with Crippen LogP contribution in [0.1, 0.15) is 0 Å². The maximum atomic E-state index is 13.2. The minimum absolute atomic E-state index is 0.00463. The zero-order chi connectivity index (χ0) is 9.26. The summed E-state index contributed by atoms with van der Waals surface area (Å²) in [5, 5.41) is 0. The molecule has 1 aromatic heterocycles. The van der Waals surface area contributed by atoms with Gasteiger partial charge in [-0.3, -0.25) is 4.98 Å². The highest BCUT2D eigenvalue weighted by molar-refractivity contribution is 7.13. The molecular formula is C9H5F2NS. The van der Waals surface area contributed by atoms with E-state index in [0.717, 1.165) is 0 Å². The molecule has 0 aliphatic carbocycles. The molecule has 13 heavy (non-hydrogen) atoms. The van der Waals surface area contributed by atoms with E-state index in [2.05, 4.69) is 4.98 Å². The third-order valence-corrected chi connectivity index (χ3v) is 2.43. The van der Waals surface area contributed by atoms with E-state index in [1.807, 2.05) is 0 Å². The highest BCUT2D eigenvalue weighted by Crippen LogP contribution is 2.28. The number of benzene rings is 1. The van der Waals surface area contributed by atoms with Crippen LogP contribution in [-0.2, 0) is 0 Å². The lowest BCUT2D eigenvalue weighted by Crippen LogP contribution is -1.86. The van der Waals surface area contributed by atoms with Gasteiger partial charge in [0.05, 0.1) is 16.0 Å². The zero-order valence-corrected chi connectivity index (χ0v) is 7.31. The van der Waals surface area contributed by atoms with Crippen molar-refractivity contribution in [2.75, 3.05) is 0 Å². The van der Waals surface area contributed by atoms with Crippen molar-refractivity contribution >= 4 is 11.3 Å². The lowest BCUT2D eigenvalue weighted by Gasteiger charge is -1.99. The molecule has 0 radical (unpaired) electrons. The largest absolute Gasteiger partial charge is 0.252 e. The first kappa shape index (κ1) is 8.31. The van der Waals surface area contributed by atoms with Gasteiger partial charge in [0.1, 0.15) is 11.6 Å². The molecule has 0 bridgehead atoms. The van der Waals surface area contributed by atoms with Crippen LogP contribution in [0.25, 0.3) is 10.4 Å². The van der Waals surface area contributed by atoms with Gasteiger partial charge in [0.2, 0.25) is 0 Å². The Hall–Kier alpha value is -1.29. The fraction of sp³-hybridized carbons (Fsp3) is 0. The lowest BCUT2D eigenvalue weighted by atomic mass is 10.2. The Morgan fingerprint density at radius 2 is 1.85 bits per heavy atom. The van der Waals surface area contributed by atoms with Crippen molar-refractivity contribution in [3.63, 3.8) is 0 Å². The number of thiazole rings is 1. The summed E-state index contributed by atoms with van der Waals surface area (Å²) in [7, 11) is 0. The van der Waals surface area contributed by atoms with E-state index in [-0.39, 0.29) is 5.56 Å². The van der Waals surface area contributed by atoms with Crippen molar-refractivity contribution in [2.45, 2.75) is 0 Å². The predicted molar refractivity (Wildman–Crippen MR) is 47.5 cm³/mol. The summed E-state index contributed by atoms with van der Waals surface area (Å²) in [6.07, 6.45) is 1.45. The molecule has 2 aromatic rings. The standard InChI is InChI=1S/C9H5F2NS/c10-6-2-1-3-7(11)9(6)8-4-12-5-13-8/h1-5H. The summed E-state index contributed by atoms with van der Waals surface area (Å²) < 4.78 is 26.3. The molecule has 0 saturated carbocycles. The molecular weight excluding hydrogens is 192 g/mol. The molecule has 4 heteroatoms. The summed E-state index contributed by atoms with van der Waals surface area (Å²) in [4.78, 5) is 4.28. The van der Waals surface area contributed by atoms with Crippen molar-refractivity contribution in [3.8, 4) is 10.4 Å². The van der Waals surface area contributed by atoms with Crippen LogP contribution >= 0.6 is 11.3 Å². The van der Waals surface area contributed by atoms with Crippen LogP contribution < -0.4 is 0 Å². The Balaban J connectivity index is 2.64. The van der Waals surface area contributed by atoms with Crippen molar-refractivity contribution in [1.29, 1.82) is 0 Å². The van der Waals surface area contributed by atoms with Gasteiger partial charge in [0, 0.05) is 6.20 Å². The fourth-order valence-corrected chi connectivity index (χ4v) is 1.74. The van der Waals surface area contributed by atoms with Crippen molar-refractivity contribution in [3.05, 3.63) is 41.5 Å². The molecule has 0 fully saturated rings. The summed E-state index contributed by atoms with van der Waals surface area (Å²) in [6, 6.07) is 3.81. The maximum Gasteiger partial charge on any atom is 0.134 e. The minimum atomic E-state index is -0.552. The van der Waals surface area contributed by atoms with E-state index in [4.69, 9.17) is 0 Å². The topological polar surface area (TPSA) is 12.9 Å². The van der Waals surface area contributed by atoms with Crippen molar-refractivity contribution in [2.24, 2.45) is 0 Å². The second-order valence-corrected chi connectivity index (χ2v) is 3.35. The van der Waals surface area contributed by atoms with Crippen molar-refractivity contribution in [1.82, 2.24) is 4.98 Å². The number of halogens is 2. The molecule has 0 spiro atoms. The number of rotatable bonds is 1. The quantitative estimate of drug-likeness (QED) is 0.684. The third-order valence-electron chi connectivity index (χ3n) is 1.64. The summed E-state index contributed by atoms with van der Waals surface area (Å²) in [6.45, 7) is 0. The van der Waals surface area contributed by atoms with E-state index in [1.165, 1.54) is 35.7 Å². The second-order valence-electron chi connectivity index (χ2n) is 2.46. The lowest BCUT2D eigenvalue weighted by molar-refractivity contribution is 0.590. The van der Waals surface area contributed by atoms with Gasteiger partial charge in [0.25, 0.3) is 0 Å². The van der Waals surface area contributed by atoms with E-state index in [1.54, 1.807) is 5.51 Å². The van der Waals surface area contributed by atoms with Gasteiger partial charge in [0.15, 0.2) is 0 Å². The maximum absolute atomic E-state index is 13.2. The predicted octanol–water partition coefficient (Wildman–Crippen LogP) is 3.09. The first-order chi connectivity index (χ1) is 6.29. The number of hydrogen-bond acceptors (Lipinski definition) is 2. The molecule has 0 atom stereocenters.